The van der Waals surface area contributed by atoms with Crippen molar-refractivity contribution in [2.24, 2.45) is 0 Å². The minimum atomic E-state index is 0.140. The van der Waals surface area contributed by atoms with E-state index in [-0.39, 0.29) is 5.78 Å². The van der Waals surface area contributed by atoms with Gasteiger partial charge in [0.15, 0.2) is 5.78 Å². The van der Waals surface area contributed by atoms with Crippen LogP contribution in [-0.4, -0.2) is 15.6 Å². The summed E-state index contributed by atoms with van der Waals surface area (Å²) in [6, 6.07) is 4.39. The van der Waals surface area contributed by atoms with Crippen LogP contribution in [0.3, 0.4) is 0 Å². The van der Waals surface area contributed by atoms with E-state index in [0.29, 0.717) is 12.5 Å². The van der Waals surface area contributed by atoms with Crippen molar-refractivity contribution >= 4 is 33.0 Å². The highest BCUT2D eigenvalue weighted by molar-refractivity contribution is 9.11. The van der Waals surface area contributed by atoms with E-state index in [1.54, 1.807) is 11.3 Å². The van der Waals surface area contributed by atoms with Crippen molar-refractivity contribution in [3.05, 3.63) is 38.8 Å². The Kier molecular flexibility index (Phi) is 4.36. The van der Waals surface area contributed by atoms with E-state index in [2.05, 4.69) is 25.7 Å². The molecule has 5 heteroatoms. The van der Waals surface area contributed by atoms with Crippen molar-refractivity contribution in [1.82, 2.24) is 9.78 Å². The molecule has 0 aliphatic heterocycles. The summed E-state index contributed by atoms with van der Waals surface area (Å²) < 4.78 is 3.05. The molecule has 1 aliphatic rings. The van der Waals surface area contributed by atoms with E-state index >= 15 is 0 Å². The summed E-state index contributed by atoms with van der Waals surface area (Å²) in [6.07, 6.45) is 8.78. The number of aromatic nitrogens is 2. The van der Waals surface area contributed by atoms with Crippen LogP contribution in [0.5, 0.6) is 0 Å². The molecular formula is C15H17BrN2OS. The van der Waals surface area contributed by atoms with Gasteiger partial charge in [-0.1, -0.05) is 19.3 Å². The first-order chi connectivity index (χ1) is 9.72. The van der Waals surface area contributed by atoms with Crippen molar-refractivity contribution in [2.45, 2.75) is 44.6 Å². The summed E-state index contributed by atoms with van der Waals surface area (Å²) >= 11 is 4.93. The molecule has 106 valence electrons. The maximum atomic E-state index is 12.1. The van der Waals surface area contributed by atoms with Crippen molar-refractivity contribution in [2.75, 3.05) is 0 Å². The Balaban J connectivity index is 1.66. The molecule has 0 amide bonds. The average Bonchev–Trinajstić information content (AvgIpc) is 3.09. The van der Waals surface area contributed by atoms with Gasteiger partial charge < -0.3 is 0 Å². The van der Waals surface area contributed by atoms with Crippen LogP contribution in [0.2, 0.25) is 0 Å². The molecule has 3 rings (SSSR count). The van der Waals surface area contributed by atoms with E-state index in [9.17, 15) is 4.79 Å². The molecule has 2 aromatic rings. The van der Waals surface area contributed by atoms with Crippen LogP contribution in [-0.2, 0) is 6.42 Å². The summed E-state index contributed by atoms with van der Waals surface area (Å²) in [6.45, 7) is 0. The molecule has 0 N–H and O–H groups in total. The molecule has 0 saturated heterocycles. The molecule has 2 heterocycles. The fourth-order valence-corrected chi connectivity index (χ4v) is 3.90. The van der Waals surface area contributed by atoms with Crippen LogP contribution in [0.15, 0.2) is 27.5 Å². The minimum Gasteiger partial charge on any atom is -0.294 e. The van der Waals surface area contributed by atoms with Gasteiger partial charge in [-0.25, -0.2) is 0 Å². The average molecular weight is 353 g/mol. The predicted octanol–water partition coefficient (Wildman–Crippen LogP) is 4.64. The van der Waals surface area contributed by atoms with Gasteiger partial charge in [0.2, 0.25) is 0 Å². The Morgan fingerprint density at radius 2 is 2.20 bits per heavy atom. The fraction of sp³-hybridized carbons (Fsp3) is 0.467. The number of hydrogen-bond donors (Lipinski definition) is 0. The van der Waals surface area contributed by atoms with Crippen molar-refractivity contribution in [3.8, 4) is 0 Å². The lowest BCUT2D eigenvalue weighted by molar-refractivity contribution is 0.0992. The van der Waals surface area contributed by atoms with Crippen molar-refractivity contribution in [1.29, 1.82) is 0 Å². The Morgan fingerprint density at radius 1 is 1.40 bits per heavy atom. The quantitative estimate of drug-likeness (QED) is 0.751. The molecule has 1 aliphatic carbocycles. The number of ketones is 1. The minimum absolute atomic E-state index is 0.140. The lowest BCUT2D eigenvalue weighted by Gasteiger charge is -2.21. The molecule has 0 spiro atoms. The van der Waals surface area contributed by atoms with Crippen LogP contribution >= 0.6 is 27.3 Å². The molecule has 0 atom stereocenters. The van der Waals surface area contributed by atoms with Gasteiger partial charge in [-0.05, 0) is 40.9 Å². The lowest BCUT2D eigenvalue weighted by atomic mass is 9.96. The summed E-state index contributed by atoms with van der Waals surface area (Å²) in [5.41, 5.74) is 1.65. The second kappa shape index (κ2) is 6.22. The number of hydrogen-bond acceptors (Lipinski definition) is 3. The highest BCUT2D eigenvalue weighted by Crippen LogP contribution is 2.27. The van der Waals surface area contributed by atoms with Gasteiger partial charge in [0, 0.05) is 17.1 Å². The normalized spacial score (nSPS) is 16.4. The van der Waals surface area contributed by atoms with E-state index < -0.39 is 0 Å². The number of Topliss-reactive ketones (excluding diaryl/α,β-unsaturated/α-hetero) is 1. The van der Waals surface area contributed by atoms with E-state index in [0.717, 1.165) is 15.0 Å². The number of rotatable bonds is 4. The number of halogens is 1. The van der Waals surface area contributed by atoms with E-state index in [1.165, 1.54) is 32.1 Å². The van der Waals surface area contributed by atoms with Gasteiger partial charge in [-0.15, -0.1) is 11.3 Å². The molecule has 1 fully saturated rings. The molecule has 2 aromatic heterocycles. The van der Waals surface area contributed by atoms with Crippen LogP contribution in [0.1, 0.15) is 54.2 Å². The standard InChI is InChI=1S/C15H17BrN2OS/c16-15-8-11(10-20-15)14(19)9-12-6-7-18(17-12)13-4-2-1-3-5-13/h6-8,10,13H,1-5,9H2. The highest BCUT2D eigenvalue weighted by Gasteiger charge is 2.17. The zero-order valence-electron chi connectivity index (χ0n) is 11.2. The maximum Gasteiger partial charge on any atom is 0.169 e. The van der Waals surface area contributed by atoms with Crippen LogP contribution in [0.25, 0.3) is 0 Å². The lowest BCUT2D eigenvalue weighted by Crippen LogP contribution is -2.14. The molecule has 0 radical (unpaired) electrons. The molecule has 0 aromatic carbocycles. The van der Waals surface area contributed by atoms with Gasteiger partial charge in [-0.2, -0.15) is 5.10 Å². The van der Waals surface area contributed by atoms with Gasteiger partial charge in [0.25, 0.3) is 0 Å². The number of thiophene rings is 1. The maximum absolute atomic E-state index is 12.1. The van der Waals surface area contributed by atoms with Crippen molar-refractivity contribution in [3.63, 3.8) is 0 Å². The first-order valence-electron chi connectivity index (χ1n) is 7.03. The van der Waals surface area contributed by atoms with Gasteiger partial charge in [-0.3, -0.25) is 9.48 Å². The van der Waals surface area contributed by atoms with Crippen LogP contribution in [0.4, 0.5) is 0 Å². The first-order valence-corrected chi connectivity index (χ1v) is 8.71. The number of nitrogens with zero attached hydrogens (tertiary/aromatic N) is 2. The third kappa shape index (κ3) is 3.20. The molecular weight excluding hydrogens is 336 g/mol. The largest absolute Gasteiger partial charge is 0.294 e. The number of carbonyl (C=O) groups is 1. The van der Waals surface area contributed by atoms with Gasteiger partial charge >= 0.3 is 0 Å². The monoisotopic (exact) mass is 352 g/mol. The third-order valence-electron chi connectivity index (χ3n) is 3.84. The second-order valence-electron chi connectivity index (χ2n) is 5.32. The Labute approximate surface area is 131 Å². The molecule has 1 saturated carbocycles. The summed E-state index contributed by atoms with van der Waals surface area (Å²) in [4.78, 5) is 12.1. The van der Waals surface area contributed by atoms with E-state index in [4.69, 9.17) is 0 Å². The smallest absolute Gasteiger partial charge is 0.169 e. The highest BCUT2D eigenvalue weighted by atomic mass is 79.9. The van der Waals surface area contributed by atoms with Gasteiger partial charge in [0.1, 0.15) is 0 Å². The fourth-order valence-electron chi connectivity index (χ4n) is 2.74. The zero-order chi connectivity index (χ0) is 13.9. The summed E-state index contributed by atoms with van der Waals surface area (Å²) in [5, 5.41) is 6.49. The Morgan fingerprint density at radius 3 is 2.90 bits per heavy atom. The van der Waals surface area contributed by atoms with Crippen molar-refractivity contribution < 1.29 is 4.79 Å². The summed E-state index contributed by atoms with van der Waals surface area (Å²) in [5.74, 6) is 0.140. The topological polar surface area (TPSA) is 34.9 Å². The second-order valence-corrected chi connectivity index (χ2v) is 7.61. The molecule has 20 heavy (non-hydrogen) atoms. The Hall–Kier alpha value is -0.940. The zero-order valence-corrected chi connectivity index (χ0v) is 13.6. The van der Waals surface area contributed by atoms with Crippen LogP contribution in [0, 0.1) is 0 Å². The molecule has 0 bridgehead atoms. The molecule has 0 unspecified atom stereocenters. The summed E-state index contributed by atoms with van der Waals surface area (Å²) in [7, 11) is 0. The van der Waals surface area contributed by atoms with Crippen LogP contribution < -0.4 is 0 Å². The SMILES string of the molecule is O=C(Cc1ccn(C2CCCCC2)n1)c1csc(Br)c1. The Bertz CT molecular complexity index is 599. The van der Waals surface area contributed by atoms with Gasteiger partial charge in [0.05, 0.1) is 21.9 Å². The number of carbonyl (C=O) groups excluding carboxylic acids is 1. The van der Waals surface area contributed by atoms with E-state index in [1.807, 2.05) is 23.7 Å². The first kappa shape index (κ1) is 14.0. The predicted molar refractivity (Wildman–Crippen MR) is 84.4 cm³/mol. The molecule has 3 nitrogen and oxygen atoms in total. The third-order valence-corrected chi connectivity index (χ3v) is 5.35.